The Bertz CT molecular complexity index is 2450. The Hall–Kier alpha value is -6.53. The molecule has 8 rings (SSSR count). The van der Waals surface area contributed by atoms with Gasteiger partial charge in [-0.2, -0.15) is 0 Å². The highest BCUT2D eigenvalue weighted by Crippen LogP contribution is 2.35. The quantitative estimate of drug-likeness (QED) is 0.136. The minimum Gasteiger partial charge on any atom is -0.427 e. The predicted octanol–water partition coefficient (Wildman–Crippen LogP) is 9.83. The third-order valence-corrected chi connectivity index (χ3v) is 8.17. The summed E-state index contributed by atoms with van der Waals surface area (Å²) in [6.45, 7) is 1.39. The number of ether oxygens (including phenoxy) is 1. The molecule has 2 aromatic heterocycles. The van der Waals surface area contributed by atoms with Crippen molar-refractivity contribution in [3.63, 3.8) is 0 Å². The van der Waals surface area contributed by atoms with E-state index in [4.69, 9.17) is 24.7 Å². The molecule has 48 heavy (non-hydrogen) atoms. The maximum Gasteiger partial charge on any atom is 0.308 e. The highest BCUT2D eigenvalue weighted by atomic mass is 16.5. The van der Waals surface area contributed by atoms with Gasteiger partial charge in [-0.3, -0.25) is 4.79 Å². The zero-order chi connectivity index (χ0) is 32.5. The lowest BCUT2D eigenvalue weighted by atomic mass is 10.0. The van der Waals surface area contributed by atoms with Crippen molar-refractivity contribution in [2.24, 2.45) is 0 Å². The van der Waals surface area contributed by atoms with Crippen molar-refractivity contribution in [3.05, 3.63) is 152 Å². The van der Waals surface area contributed by atoms with E-state index in [1.807, 2.05) is 97.1 Å². The molecule has 0 aliphatic rings. The van der Waals surface area contributed by atoms with Gasteiger partial charge < -0.3 is 4.74 Å². The zero-order valence-corrected chi connectivity index (χ0v) is 26.0. The van der Waals surface area contributed by atoms with Gasteiger partial charge in [0.05, 0.1) is 44.8 Å². The van der Waals surface area contributed by atoms with Gasteiger partial charge in [-0.15, -0.1) is 0 Å². The Balaban J connectivity index is 1.26. The summed E-state index contributed by atoms with van der Waals surface area (Å²) < 4.78 is 5.39. The Kier molecular flexibility index (Phi) is 7.43. The maximum absolute atomic E-state index is 11.7. The van der Waals surface area contributed by atoms with Crippen molar-refractivity contribution in [2.75, 3.05) is 0 Å². The van der Waals surface area contributed by atoms with Crippen LogP contribution in [0, 0.1) is 0 Å². The summed E-state index contributed by atoms with van der Waals surface area (Å²) in [6, 6.07) is 50.1. The first-order valence-electron chi connectivity index (χ1n) is 15.7. The second kappa shape index (κ2) is 12.3. The van der Waals surface area contributed by atoms with Crippen LogP contribution in [0.4, 0.5) is 0 Å². The molecule has 0 radical (unpaired) electrons. The summed E-state index contributed by atoms with van der Waals surface area (Å²) in [5.74, 6) is 0.0779. The Morgan fingerprint density at radius 1 is 0.396 bits per heavy atom. The second-order valence-corrected chi connectivity index (χ2v) is 11.5. The standard InChI is InChI=1S/C42H28N4O2/c1-27(47)48-34-19-11-18-33(24-34)42-41(30-16-9-4-10-17-30)44-36-23-21-32(26-38(36)46-42)31-20-22-35-37(25-31)45-40(29-14-7-3-8-15-29)39(43-35)28-12-5-2-6-13-28/h2-26H,1H3. The van der Waals surface area contributed by atoms with E-state index >= 15 is 0 Å². The highest BCUT2D eigenvalue weighted by Gasteiger charge is 2.17. The van der Waals surface area contributed by atoms with E-state index < -0.39 is 0 Å². The SMILES string of the molecule is CC(=O)Oc1cccc(-c2nc3cc(-c4ccc5nc(-c6ccccc6)c(-c6ccccc6)nc5c4)ccc3nc2-c2ccccc2)c1. The second-order valence-electron chi connectivity index (χ2n) is 11.5. The number of hydrogen-bond donors (Lipinski definition) is 0. The Labute approximate surface area is 277 Å². The van der Waals surface area contributed by atoms with Gasteiger partial charge in [0, 0.05) is 29.2 Å². The largest absolute Gasteiger partial charge is 0.427 e. The average Bonchev–Trinajstić information content (AvgIpc) is 3.14. The van der Waals surface area contributed by atoms with Crippen LogP contribution < -0.4 is 4.74 Å². The number of esters is 1. The molecule has 6 aromatic carbocycles. The fraction of sp³-hybridized carbons (Fsp3) is 0.0238. The molecule has 0 saturated carbocycles. The first-order valence-corrected chi connectivity index (χ1v) is 15.7. The van der Waals surface area contributed by atoms with Gasteiger partial charge in [0.25, 0.3) is 0 Å². The summed E-state index contributed by atoms with van der Waals surface area (Å²) in [4.78, 5) is 32.2. The highest BCUT2D eigenvalue weighted by molar-refractivity contribution is 5.92. The third kappa shape index (κ3) is 5.67. The van der Waals surface area contributed by atoms with Gasteiger partial charge in [0.1, 0.15) is 5.75 Å². The molecular weight excluding hydrogens is 592 g/mol. The molecular formula is C42H28N4O2. The van der Waals surface area contributed by atoms with E-state index in [0.29, 0.717) is 11.4 Å². The number of benzene rings is 6. The van der Waals surface area contributed by atoms with Crippen LogP contribution in [0.1, 0.15) is 6.92 Å². The van der Waals surface area contributed by atoms with Crippen LogP contribution in [-0.2, 0) is 4.79 Å². The molecule has 0 atom stereocenters. The Morgan fingerprint density at radius 2 is 0.792 bits per heavy atom. The van der Waals surface area contributed by atoms with Crippen LogP contribution in [0.25, 0.3) is 78.2 Å². The predicted molar refractivity (Wildman–Crippen MR) is 191 cm³/mol. The van der Waals surface area contributed by atoms with Crippen molar-refractivity contribution in [3.8, 4) is 61.9 Å². The van der Waals surface area contributed by atoms with Crippen molar-refractivity contribution in [2.45, 2.75) is 6.92 Å². The maximum atomic E-state index is 11.7. The van der Waals surface area contributed by atoms with Crippen molar-refractivity contribution in [1.82, 2.24) is 19.9 Å². The van der Waals surface area contributed by atoms with Crippen LogP contribution in [0.3, 0.4) is 0 Å². The minimum absolute atomic E-state index is 0.378. The lowest BCUT2D eigenvalue weighted by Gasteiger charge is -2.13. The summed E-state index contributed by atoms with van der Waals surface area (Å²) in [5, 5.41) is 0. The first-order chi connectivity index (χ1) is 23.6. The topological polar surface area (TPSA) is 77.9 Å². The van der Waals surface area contributed by atoms with Gasteiger partial charge in [0.2, 0.25) is 0 Å². The van der Waals surface area contributed by atoms with Crippen LogP contribution in [0.2, 0.25) is 0 Å². The molecule has 0 amide bonds. The third-order valence-electron chi connectivity index (χ3n) is 8.17. The van der Waals surface area contributed by atoms with E-state index in [1.165, 1.54) is 6.92 Å². The van der Waals surface area contributed by atoms with Crippen LogP contribution in [0.5, 0.6) is 5.75 Å². The van der Waals surface area contributed by atoms with E-state index in [1.54, 1.807) is 6.07 Å². The minimum atomic E-state index is -0.378. The molecule has 228 valence electrons. The molecule has 0 unspecified atom stereocenters. The number of carbonyl (C=O) groups is 1. The lowest BCUT2D eigenvalue weighted by Crippen LogP contribution is -2.01. The smallest absolute Gasteiger partial charge is 0.308 e. The molecule has 2 heterocycles. The molecule has 6 nitrogen and oxygen atoms in total. The van der Waals surface area contributed by atoms with Gasteiger partial charge in [0.15, 0.2) is 0 Å². The van der Waals surface area contributed by atoms with Crippen molar-refractivity contribution in [1.29, 1.82) is 0 Å². The van der Waals surface area contributed by atoms with Gasteiger partial charge >= 0.3 is 5.97 Å². The van der Waals surface area contributed by atoms with Crippen molar-refractivity contribution >= 4 is 28.0 Å². The fourth-order valence-electron chi connectivity index (χ4n) is 5.93. The summed E-state index contributed by atoms with van der Waals surface area (Å²) >= 11 is 0. The number of nitrogens with zero attached hydrogens (tertiary/aromatic N) is 4. The molecule has 8 aromatic rings. The zero-order valence-electron chi connectivity index (χ0n) is 26.0. The molecule has 0 N–H and O–H groups in total. The van der Waals surface area contributed by atoms with Gasteiger partial charge in [-0.1, -0.05) is 115 Å². The molecule has 0 saturated heterocycles. The summed E-state index contributed by atoms with van der Waals surface area (Å²) in [6.07, 6.45) is 0. The van der Waals surface area contributed by atoms with Gasteiger partial charge in [-0.25, -0.2) is 19.9 Å². The van der Waals surface area contributed by atoms with E-state index in [0.717, 1.165) is 72.5 Å². The molecule has 6 heteroatoms. The summed E-state index contributed by atoms with van der Waals surface area (Å²) in [5.41, 5.74) is 12.0. The molecule has 0 spiro atoms. The van der Waals surface area contributed by atoms with E-state index in [2.05, 4.69) is 48.5 Å². The van der Waals surface area contributed by atoms with Crippen LogP contribution in [0.15, 0.2) is 152 Å². The fourth-order valence-corrected chi connectivity index (χ4v) is 5.93. The van der Waals surface area contributed by atoms with Gasteiger partial charge in [-0.05, 0) is 47.5 Å². The first kappa shape index (κ1) is 28.9. The van der Waals surface area contributed by atoms with Crippen molar-refractivity contribution < 1.29 is 9.53 Å². The number of carbonyl (C=O) groups excluding carboxylic acids is 1. The molecule has 0 aliphatic carbocycles. The van der Waals surface area contributed by atoms with E-state index in [-0.39, 0.29) is 5.97 Å². The molecule has 0 fully saturated rings. The number of hydrogen-bond acceptors (Lipinski definition) is 6. The molecule has 0 aliphatic heterocycles. The lowest BCUT2D eigenvalue weighted by molar-refractivity contribution is -0.131. The number of fused-ring (bicyclic) bond motifs is 2. The normalized spacial score (nSPS) is 11.1. The number of aromatic nitrogens is 4. The average molecular weight is 621 g/mol. The number of rotatable bonds is 6. The van der Waals surface area contributed by atoms with Crippen LogP contribution >= 0.6 is 0 Å². The Morgan fingerprint density at radius 3 is 1.23 bits per heavy atom. The van der Waals surface area contributed by atoms with Crippen LogP contribution in [-0.4, -0.2) is 25.9 Å². The monoisotopic (exact) mass is 620 g/mol. The van der Waals surface area contributed by atoms with E-state index in [9.17, 15) is 4.79 Å². The summed E-state index contributed by atoms with van der Waals surface area (Å²) in [7, 11) is 0. The molecule has 0 bridgehead atoms.